The summed E-state index contributed by atoms with van der Waals surface area (Å²) in [5, 5.41) is 14.1. The van der Waals surface area contributed by atoms with Crippen molar-refractivity contribution in [1.82, 2.24) is 4.90 Å². The van der Waals surface area contributed by atoms with Crippen molar-refractivity contribution in [2.24, 2.45) is 5.92 Å². The number of nitrogens with zero attached hydrogens (tertiary/aromatic N) is 1. The lowest BCUT2D eigenvalue weighted by atomic mass is 9.62. The number of phenols is 1. The number of rotatable bonds is 2. The molecule has 0 aromatic heterocycles. The number of methoxy groups -OCH3 is 1. The first-order valence-corrected chi connectivity index (χ1v) is 8.92. The second kappa shape index (κ2) is 4.88. The van der Waals surface area contributed by atoms with Crippen LogP contribution in [0.5, 0.6) is 11.5 Å². The summed E-state index contributed by atoms with van der Waals surface area (Å²) >= 11 is 0. The number of benzene rings is 1. The molecule has 1 spiro atoms. The number of carbonyl (C=O) groups is 1. The first-order valence-electron chi connectivity index (χ1n) is 8.92. The third kappa shape index (κ3) is 1.60. The van der Waals surface area contributed by atoms with Gasteiger partial charge in [0.25, 0.3) is 0 Å². The monoisotopic (exact) mass is 338 g/mol. The van der Waals surface area contributed by atoms with Gasteiger partial charge in [-0.05, 0) is 31.4 Å². The molecule has 2 saturated heterocycles. The van der Waals surface area contributed by atoms with E-state index in [0.717, 1.165) is 49.1 Å². The highest BCUT2D eigenvalue weighted by Gasteiger charge is 2.61. The van der Waals surface area contributed by atoms with E-state index in [1.54, 1.807) is 7.11 Å². The fourth-order valence-electron chi connectivity index (χ4n) is 5.69. The molecule has 0 saturated carbocycles. The van der Waals surface area contributed by atoms with E-state index in [1.807, 2.05) is 6.07 Å². The number of aldehydes is 1. The second-order valence-corrected chi connectivity index (χ2v) is 7.47. The second-order valence-electron chi connectivity index (χ2n) is 7.47. The third-order valence-corrected chi connectivity index (χ3v) is 6.79. The fraction of sp³-hybridized carbons (Fsp3) is 0.450. The summed E-state index contributed by atoms with van der Waals surface area (Å²) in [6, 6.07) is 4.27. The van der Waals surface area contributed by atoms with Crippen molar-refractivity contribution >= 4 is 12.0 Å². The number of fused-ring (bicyclic) bond motifs is 2. The molecule has 1 aromatic rings. The molecule has 5 rings (SSSR count). The zero-order chi connectivity index (χ0) is 17.3. The molecule has 5 nitrogen and oxygen atoms in total. The minimum absolute atomic E-state index is 0.140. The van der Waals surface area contributed by atoms with E-state index in [-0.39, 0.29) is 17.1 Å². The third-order valence-electron chi connectivity index (χ3n) is 6.79. The lowest BCUT2D eigenvalue weighted by molar-refractivity contribution is -0.105. The van der Waals surface area contributed by atoms with Crippen molar-refractivity contribution in [3.63, 3.8) is 0 Å². The summed E-state index contributed by atoms with van der Waals surface area (Å²) in [6.07, 6.45) is 5.15. The molecule has 3 atom stereocenters. The molecule has 5 heteroatoms. The van der Waals surface area contributed by atoms with Gasteiger partial charge in [-0.25, -0.2) is 0 Å². The van der Waals surface area contributed by atoms with Crippen molar-refractivity contribution in [3.05, 3.63) is 40.6 Å². The van der Waals surface area contributed by atoms with E-state index < -0.39 is 0 Å². The van der Waals surface area contributed by atoms with Crippen LogP contribution in [-0.2, 0) is 10.2 Å². The molecule has 2 bridgehead atoms. The van der Waals surface area contributed by atoms with Gasteiger partial charge in [0.1, 0.15) is 6.29 Å². The maximum atomic E-state index is 12.1. The normalized spacial score (nSPS) is 33.9. The summed E-state index contributed by atoms with van der Waals surface area (Å²) in [5.74, 6) is 0.790. The Morgan fingerprint density at radius 2 is 2.28 bits per heavy atom. The van der Waals surface area contributed by atoms with Gasteiger partial charge in [-0.15, -0.1) is 0 Å². The highest BCUT2D eigenvalue weighted by Crippen LogP contribution is 2.62. The lowest BCUT2D eigenvalue weighted by Crippen LogP contribution is -2.52. The molecule has 0 radical (unpaired) electrons. The van der Waals surface area contributed by atoms with Crippen molar-refractivity contribution in [3.8, 4) is 11.5 Å². The SMILES string of the molecule is C/C=C1/CN2CC[C@]34C(=C(C=O)[C@H]1C[C@H]23)Nc1c4ccc(OC)c1O. The topological polar surface area (TPSA) is 61.8 Å². The first-order chi connectivity index (χ1) is 12.2. The molecule has 0 amide bonds. The van der Waals surface area contributed by atoms with Crippen molar-refractivity contribution < 1.29 is 14.6 Å². The number of hydrogen-bond donors (Lipinski definition) is 2. The Bertz CT molecular complexity index is 857. The fourth-order valence-corrected chi connectivity index (χ4v) is 5.69. The minimum atomic E-state index is -0.203. The molecular formula is C20H22N2O3. The van der Waals surface area contributed by atoms with E-state index in [0.29, 0.717) is 17.5 Å². The van der Waals surface area contributed by atoms with E-state index in [1.165, 1.54) is 5.57 Å². The lowest BCUT2D eigenvalue weighted by Gasteiger charge is -2.48. The van der Waals surface area contributed by atoms with Gasteiger partial charge in [0.05, 0.1) is 18.2 Å². The summed E-state index contributed by atoms with van der Waals surface area (Å²) in [6.45, 7) is 4.02. The Morgan fingerprint density at radius 1 is 1.44 bits per heavy atom. The predicted molar refractivity (Wildman–Crippen MR) is 94.9 cm³/mol. The molecule has 3 aliphatic heterocycles. The van der Waals surface area contributed by atoms with Gasteiger partial charge in [-0.3, -0.25) is 9.69 Å². The Morgan fingerprint density at radius 3 is 3.00 bits per heavy atom. The number of carbonyl (C=O) groups excluding carboxylic acids is 1. The number of ether oxygens (including phenoxy) is 1. The van der Waals surface area contributed by atoms with Gasteiger partial charge in [0.15, 0.2) is 11.5 Å². The number of hydrogen-bond acceptors (Lipinski definition) is 5. The van der Waals surface area contributed by atoms with Gasteiger partial charge >= 0.3 is 0 Å². The molecule has 0 unspecified atom stereocenters. The first kappa shape index (κ1) is 15.0. The Kier molecular flexibility index (Phi) is 2.93. The van der Waals surface area contributed by atoms with Crippen LogP contribution in [0.4, 0.5) is 5.69 Å². The van der Waals surface area contributed by atoms with Crippen LogP contribution in [-0.4, -0.2) is 42.5 Å². The van der Waals surface area contributed by atoms with E-state index >= 15 is 0 Å². The Hall–Kier alpha value is -2.27. The maximum absolute atomic E-state index is 12.1. The average molecular weight is 338 g/mol. The van der Waals surface area contributed by atoms with Gasteiger partial charge < -0.3 is 15.2 Å². The van der Waals surface area contributed by atoms with Crippen molar-refractivity contribution in [2.75, 3.05) is 25.5 Å². The van der Waals surface area contributed by atoms with E-state index in [2.05, 4.69) is 29.3 Å². The van der Waals surface area contributed by atoms with Crippen LogP contribution in [0.25, 0.3) is 0 Å². The number of phenolic OH excluding ortho intramolecular Hbond substituents is 1. The van der Waals surface area contributed by atoms with Crippen LogP contribution in [0.3, 0.4) is 0 Å². The highest BCUT2D eigenvalue weighted by molar-refractivity contribution is 5.87. The summed E-state index contributed by atoms with van der Waals surface area (Å²) in [4.78, 5) is 14.6. The Balaban J connectivity index is 1.80. The molecule has 130 valence electrons. The molecule has 2 fully saturated rings. The molecule has 2 N–H and O–H groups in total. The smallest absolute Gasteiger partial charge is 0.182 e. The van der Waals surface area contributed by atoms with Crippen LogP contribution in [0.1, 0.15) is 25.3 Å². The van der Waals surface area contributed by atoms with Crippen LogP contribution in [0.15, 0.2) is 35.1 Å². The minimum Gasteiger partial charge on any atom is -0.503 e. The maximum Gasteiger partial charge on any atom is 0.182 e. The molecular weight excluding hydrogens is 316 g/mol. The summed E-state index contributed by atoms with van der Waals surface area (Å²) in [5.41, 5.74) is 4.82. The quantitative estimate of drug-likeness (QED) is 0.493. The van der Waals surface area contributed by atoms with Gasteiger partial charge in [-0.2, -0.15) is 0 Å². The van der Waals surface area contributed by atoms with Crippen LogP contribution < -0.4 is 10.1 Å². The van der Waals surface area contributed by atoms with Crippen molar-refractivity contribution in [2.45, 2.75) is 31.2 Å². The molecule has 25 heavy (non-hydrogen) atoms. The number of anilines is 1. The number of aromatic hydroxyl groups is 1. The number of allylic oxidation sites excluding steroid dienone is 2. The zero-order valence-corrected chi connectivity index (χ0v) is 14.5. The number of nitrogens with one attached hydrogen (secondary N) is 1. The number of piperidine rings is 1. The highest BCUT2D eigenvalue weighted by atomic mass is 16.5. The van der Waals surface area contributed by atoms with Crippen LogP contribution in [0, 0.1) is 5.92 Å². The summed E-state index contributed by atoms with van der Waals surface area (Å²) < 4.78 is 5.28. The zero-order valence-electron chi connectivity index (χ0n) is 14.5. The van der Waals surface area contributed by atoms with E-state index in [9.17, 15) is 9.90 Å². The van der Waals surface area contributed by atoms with Crippen LogP contribution in [0.2, 0.25) is 0 Å². The molecule has 1 aromatic carbocycles. The average Bonchev–Trinajstić information content (AvgIpc) is 3.19. The van der Waals surface area contributed by atoms with Gasteiger partial charge in [-0.1, -0.05) is 17.7 Å². The van der Waals surface area contributed by atoms with Gasteiger partial charge in [0, 0.05) is 36.3 Å². The molecule has 4 aliphatic rings. The largest absolute Gasteiger partial charge is 0.503 e. The Labute approximate surface area is 147 Å². The summed E-state index contributed by atoms with van der Waals surface area (Å²) in [7, 11) is 1.56. The molecule has 3 heterocycles. The molecule has 1 aliphatic carbocycles. The standard InChI is InChI=1S/C20H22N2O3/c1-3-11-9-22-7-6-20-14-4-5-15(25-2)18(24)17(14)21-19(20)13(10-23)12(11)8-16(20)22/h3-5,10,12,16,21,24H,6-9H2,1-2H3/b11-3-/t12-,16-,20+/m0/s1. The van der Waals surface area contributed by atoms with Gasteiger partial charge in [0.2, 0.25) is 0 Å². The van der Waals surface area contributed by atoms with E-state index in [4.69, 9.17) is 4.74 Å². The van der Waals surface area contributed by atoms with Crippen molar-refractivity contribution in [1.29, 1.82) is 0 Å². The predicted octanol–water partition coefficient (Wildman–Crippen LogP) is 2.57. The van der Waals surface area contributed by atoms with Crippen LogP contribution >= 0.6 is 0 Å².